The van der Waals surface area contributed by atoms with Gasteiger partial charge in [0.1, 0.15) is 18.4 Å². The number of aliphatic hydroxyl groups excluding tert-OH is 1. The van der Waals surface area contributed by atoms with Crippen LogP contribution in [-0.4, -0.2) is 39.4 Å². The molecular formula is C26H44N2O6. The van der Waals surface area contributed by atoms with Crippen LogP contribution in [-0.2, 0) is 14.3 Å². The van der Waals surface area contributed by atoms with E-state index >= 15 is 0 Å². The predicted molar refractivity (Wildman–Crippen MR) is 132 cm³/mol. The lowest BCUT2D eigenvalue weighted by molar-refractivity contribution is -0.153. The van der Waals surface area contributed by atoms with Crippen LogP contribution in [0.1, 0.15) is 115 Å². The van der Waals surface area contributed by atoms with Crippen molar-refractivity contribution in [3.8, 4) is 0 Å². The van der Waals surface area contributed by atoms with Gasteiger partial charge >= 0.3 is 11.7 Å². The lowest BCUT2D eigenvalue weighted by Crippen LogP contribution is -2.33. The summed E-state index contributed by atoms with van der Waals surface area (Å²) in [6.07, 6.45) is 16.2. The van der Waals surface area contributed by atoms with Crippen LogP contribution in [0.15, 0.2) is 15.8 Å². The van der Waals surface area contributed by atoms with Crippen molar-refractivity contribution in [3.63, 3.8) is 0 Å². The van der Waals surface area contributed by atoms with E-state index < -0.39 is 29.7 Å². The molecule has 3 atom stereocenters. The van der Waals surface area contributed by atoms with Gasteiger partial charge in [0.15, 0.2) is 0 Å². The van der Waals surface area contributed by atoms with Crippen molar-refractivity contribution < 1.29 is 19.4 Å². The fourth-order valence-electron chi connectivity index (χ4n) is 4.47. The van der Waals surface area contributed by atoms with Crippen molar-refractivity contribution in [2.45, 2.75) is 129 Å². The number of aromatic nitrogens is 2. The minimum Gasteiger partial charge on any atom is -0.459 e. The van der Waals surface area contributed by atoms with Crippen molar-refractivity contribution in [3.05, 3.63) is 32.6 Å². The maximum atomic E-state index is 12.3. The van der Waals surface area contributed by atoms with Gasteiger partial charge in [-0.1, -0.05) is 84.0 Å². The summed E-state index contributed by atoms with van der Waals surface area (Å²) in [5.41, 5.74) is -0.651. The van der Waals surface area contributed by atoms with Crippen molar-refractivity contribution in [1.29, 1.82) is 0 Å². The molecule has 0 aliphatic carbocycles. The molecule has 0 amide bonds. The molecule has 1 aromatic rings. The topological polar surface area (TPSA) is 111 Å². The third-order valence-electron chi connectivity index (χ3n) is 6.58. The molecule has 1 fully saturated rings. The number of aryl methyl sites for hydroxylation is 1. The zero-order chi connectivity index (χ0) is 24.8. The maximum Gasteiger partial charge on any atom is 0.330 e. The number of hydrogen-bond acceptors (Lipinski definition) is 6. The molecule has 194 valence electrons. The number of nitrogens with one attached hydrogen (secondary N) is 1. The second-order valence-electron chi connectivity index (χ2n) is 9.55. The summed E-state index contributed by atoms with van der Waals surface area (Å²) >= 11 is 0. The molecule has 0 spiro atoms. The second kappa shape index (κ2) is 15.9. The van der Waals surface area contributed by atoms with Crippen molar-refractivity contribution in [2.24, 2.45) is 0 Å². The van der Waals surface area contributed by atoms with E-state index in [0.29, 0.717) is 12.0 Å². The Balaban J connectivity index is 1.59. The Bertz CT molecular complexity index is 833. The van der Waals surface area contributed by atoms with E-state index in [-0.39, 0.29) is 19.0 Å². The molecule has 1 aromatic heterocycles. The smallest absolute Gasteiger partial charge is 0.330 e. The average Bonchev–Trinajstić information content (AvgIpc) is 3.21. The zero-order valence-electron chi connectivity index (χ0n) is 21.1. The minimum absolute atomic E-state index is 0.251. The Hall–Kier alpha value is -1.93. The largest absolute Gasteiger partial charge is 0.459 e. The highest BCUT2D eigenvalue weighted by Gasteiger charge is 2.38. The molecule has 2 heterocycles. The van der Waals surface area contributed by atoms with Gasteiger partial charge in [0.25, 0.3) is 5.56 Å². The summed E-state index contributed by atoms with van der Waals surface area (Å²) in [6, 6.07) is 0. The van der Waals surface area contributed by atoms with Crippen molar-refractivity contribution in [1.82, 2.24) is 9.55 Å². The molecule has 2 N–H and O–H groups in total. The van der Waals surface area contributed by atoms with E-state index in [4.69, 9.17) is 9.47 Å². The fourth-order valence-corrected chi connectivity index (χ4v) is 4.47. The van der Waals surface area contributed by atoms with Crippen LogP contribution < -0.4 is 11.2 Å². The van der Waals surface area contributed by atoms with Gasteiger partial charge in [0.2, 0.25) is 0 Å². The first-order valence-electron chi connectivity index (χ1n) is 13.2. The number of esters is 1. The number of hydrogen-bond donors (Lipinski definition) is 2. The standard InChI is InChI=1S/C26H44N2O6/c1-3-4-5-6-7-8-9-10-11-12-13-14-15-16-24(30)34-21-17-23(33-22(21)19-29)28-18-20(2)25(31)27-26(28)32/h18,21-23,29H,3-17,19H2,1-2H3,(H,27,31,32)/t21-,22+,23+/m1/s1. The molecule has 0 aromatic carbocycles. The van der Waals surface area contributed by atoms with Gasteiger partial charge in [-0.15, -0.1) is 0 Å². The Morgan fingerprint density at radius 1 is 1.03 bits per heavy atom. The van der Waals surface area contributed by atoms with Crippen LogP contribution in [0, 0.1) is 6.92 Å². The van der Waals surface area contributed by atoms with Crippen LogP contribution >= 0.6 is 0 Å². The van der Waals surface area contributed by atoms with Gasteiger partial charge in [0, 0.05) is 24.6 Å². The molecule has 0 radical (unpaired) electrons. The zero-order valence-corrected chi connectivity index (χ0v) is 21.1. The normalized spacial score (nSPS) is 20.0. The summed E-state index contributed by atoms with van der Waals surface area (Å²) in [5.74, 6) is -0.305. The van der Waals surface area contributed by atoms with E-state index in [9.17, 15) is 19.5 Å². The number of unbranched alkanes of at least 4 members (excludes halogenated alkanes) is 12. The van der Waals surface area contributed by atoms with Crippen LogP contribution in [0.4, 0.5) is 0 Å². The molecule has 8 heteroatoms. The SMILES string of the molecule is CCCCCCCCCCCCCCCC(=O)O[C@@H]1C[C@@H](n2cc(C)c(=O)[nH]c2=O)O[C@H]1CO. The number of H-pyrrole nitrogens is 1. The maximum absolute atomic E-state index is 12.3. The van der Waals surface area contributed by atoms with Crippen molar-refractivity contribution >= 4 is 5.97 Å². The molecule has 1 saturated heterocycles. The van der Waals surface area contributed by atoms with Crippen molar-refractivity contribution in [2.75, 3.05) is 6.61 Å². The second-order valence-corrected chi connectivity index (χ2v) is 9.55. The summed E-state index contributed by atoms with van der Waals surface area (Å²) in [7, 11) is 0. The van der Waals surface area contributed by atoms with Crippen LogP contribution in [0.2, 0.25) is 0 Å². The van der Waals surface area contributed by atoms with E-state index in [1.807, 2.05) is 0 Å². The Morgan fingerprint density at radius 3 is 2.15 bits per heavy atom. The first kappa shape index (κ1) is 28.3. The van der Waals surface area contributed by atoms with Crippen LogP contribution in [0.5, 0.6) is 0 Å². The van der Waals surface area contributed by atoms with Gasteiger partial charge in [-0.2, -0.15) is 0 Å². The average molecular weight is 481 g/mol. The third-order valence-corrected chi connectivity index (χ3v) is 6.58. The highest BCUT2D eigenvalue weighted by atomic mass is 16.6. The lowest BCUT2D eigenvalue weighted by atomic mass is 10.0. The summed E-state index contributed by atoms with van der Waals surface area (Å²) in [6.45, 7) is 3.53. The van der Waals surface area contributed by atoms with E-state index in [0.717, 1.165) is 19.3 Å². The first-order chi connectivity index (χ1) is 16.5. The number of carbonyl (C=O) groups excluding carboxylic acids is 1. The van der Waals surface area contributed by atoms with E-state index in [1.54, 1.807) is 6.92 Å². The Kier molecular flexibility index (Phi) is 13.2. The summed E-state index contributed by atoms with van der Waals surface area (Å²) in [4.78, 5) is 38.2. The molecule has 0 saturated carbocycles. The molecular weight excluding hydrogens is 436 g/mol. The fraction of sp³-hybridized carbons (Fsp3) is 0.808. The minimum atomic E-state index is -0.700. The number of aliphatic hydroxyl groups is 1. The van der Waals surface area contributed by atoms with Gasteiger partial charge in [-0.25, -0.2) is 4.79 Å². The Morgan fingerprint density at radius 2 is 1.59 bits per heavy atom. The van der Waals surface area contributed by atoms with Gasteiger partial charge in [0.05, 0.1) is 6.61 Å². The van der Waals surface area contributed by atoms with E-state index in [1.165, 1.54) is 75.0 Å². The molecule has 1 aliphatic rings. The monoisotopic (exact) mass is 480 g/mol. The van der Waals surface area contributed by atoms with Gasteiger partial charge in [-0.3, -0.25) is 19.1 Å². The molecule has 0 bridgehead atoms. The van der Waals surface area contributed by atoms with Gasteiger partial charge in [-0.05, 0) is 13.3 Å². The summed E-state index contributed by atoms with van der Waals surface area (Å²) < 4.78 is 12.6. The predicted octanol–water partition coefficient (Wildman–Crippen LogP) is 4.52. The number of nitrogens with zero attached hydrogens (tertiary/aromatic N) is 1. The first-order valence-corrected chi connectivity index (χ1v) is 13.2. The number of aromatic amines is 1. The molecule has 34 heavy (non-hydrogen) atoms. The number of carbonyl (C=O) groups is 1. The highest BCUT2D eigenvalue weighted by molar-refractivity contribution is 5.69. The number of ether oxygens (including phenoxy) is 2. The highest BCUT2D eigenvalue weighted by Crippen LogP contribution is 2.30. The third kappa shape index (κ3) is 9.74. The lowest BCUT2D eigenvalue weighted by Gasteiger charge is -2.16. The molecule has 8 nitrogen and oxygen atoms in total. The quantitative estimate of drug-likeness (QED) is 0.251. The number of rotatable bonds is 17. The Labute approximate surface area is 203 Å². The van der Waals surface area contributed by atoms with E-state index in [2.05, 4.69) is 11.9 Å². The summed E-state index contributed by atoms with van der Waals surface area (Å²) in [5, 5.41) is 9.62. The molecule has 2 rings (SSSR count). The molecule has 0 unspecified atom stereocenters. The van der Waals surface area contributed by atoms with Crippen LogP contribution in [0.25, 0.3) is 0 Å². The van der Waals surface area contributed by atoms with Gasteiger partial charge < -0.3 is 14.6 Å². The van der Waals surface area contributed by atoms with Crippen LogP contribution in [0.3, 0.4) is 0 Å². The molecule has 1 aliphatic heterocycles.